The van der Waals surface area contributed by atoms with Gasteiger partial charge in [0.1, 0.15) is 18.1 Å². The molecule has 0 atom stereocenters. The van der Waals surface area contributed by atoms with Gasteiger partial charge in [-0.2, -0.15) is 0 Å². The number of aromatic nitrogens is 1. The average molecular weight is 460 g/mol. The molecule has 0 saturated carbocycles. The lowest BCUT2D eigenvalue weighted by Gasteiger charge is -2.08. The molecule has 10 nitrogen and oxygen atoms in total. The highest BCUT2D eigenvalue weighted by molar-refractivity contribution is 5.97. The number of azo groups is 1. The van der Waals surface area contributed by atoms with Crippen molar-refractivity contribution in [3.63, 3.8) is 0 Å². The first kappa shape index (κ1) is 22.5. The van der Waals surface area contributed by atoms with Gasteiger partial charge in [0, 0.05) is 23.1 Å². The van der Waals surface area contributed by atoms with Crippen LogP contribution in [0.4, 0.5) is 11.4 Å². The number of nitrogens with zero attached hydrogens (tertiary/aromatic N) is 3. The van der Waals surface area contributed by atoms with Crippen LogP contribution in [0.3, 0.4) is 0 Å². The Morgan fingerprint density at radius 2 is 1.71 bits per heavy atom. The largest absolute Gasteiger partial charge is 0.494 e. The van der Waals surface area contributed by atoms with Crippen LogP contribution >= 0.6 is 0 Å². The topological polar surface area (TPSA) is 139 Å². The van der Waals surface area contributed by atoms with Crippen LogP contribution in [-0.4, -0.2) is 27.5 Å². The number of rotatable bonds is 8. The van der Waals surface area contributed by atoms with Gasteiger partial charge in [-0.25, -0.2) is 0 Å². The number of amides is 1. The summed E-state index contributed by atoms with van der Waals surface area (Å²) in [5.74, 6) is 0.495. The average Bonchev–Trinajstić information content (AvgIpc) is 3.16. The molecule has 1 heterocycles. The maximum atomic E-state index is 12.4. The second-order valence-electron chi connectivity index (χ2n) is 7.20. The summed E-state index contributed by atoms with van der Waals surface area (Å²) in [5.41, 5.74) is 1.36. The lowest BCUT2D eigenvalue weighted by molar-refractivity contribution is -0.384. The molecule has 34 heavy (non-hydrogen) atoms. The van der Waals surface area contributed by atoms with Crippen molar-refractivity contribution in [1.29, 1.82) is 0 Å². The summed E-state index contributed by atoms with van der Waals surface area (Å²) >= 11 is 0. The minimum Gasteiger partial charge on any atom is -0.494 e. The SMILES string of the molecule is CCOc1ccc(OCc2ccc(C(=O)N=Nc3c(O)[nH]c4ccc([N+](=O)[O-])cc34)cc2)cc1. The van der Waals surface area contributed by atoms with E-state index in [-0.39, 0.29) is 22.6 Å². The van der Waals surface area contributed by atoms with E-state index >= 15 is 0 Å². The zero-order chi connectivity index (χ0) is 24.1. The van der Waals surface area contributed by atoms with Crippen molar-refractivity contribution in [2.75, 3.05) is 6.61 Å². The molecule has 0 fully saturated rings. The number of nitro benzene ring substituents is 1. The number of non-ortho nitro benzene ring substituents is 1. The summed E-state index contributed by atoms with van der Waals surface area (Å²) in [6, 6.07) is 18.0. The van der Waals surface area contributed by atoms with Crippen LogP contribution < -0.4 is 9.47 Å². The molecule has 1 aromatic heterocycles. The fraction of sp³-hybridized carbons (Fsp3) is 0.125. The summed E-state index contributed by atoms with van der Waals surface area (Å²) < 4.78 is 11.1. The van der Waals surface area contributed by atoms with Gasteiger partial charge in [0.15, 0.2) is 5.69 Å². The number of hydrogen-bond donors (Lipinski definition) is 2. The van der Waals surface area contributed by atoms with Gasteiger partial charge in [-0.05, 0) is 55.0 Å². The van der Waals surface area contributed by atoms with E-state index in [4.69, 9.17) is 9.47 Å². The zero-order valence-electron chi connectivity index (χ0n) is 18.1. The normalized spacial score (nSPS) is 11.1. The highest BCUT2D eigenvalue weighted by Gasteiger charge is 2.15. The first-order valence-electron chi connectivity index (χ1n) is 10.3. The molecule has 0 saturated heterocycles. The van der Waals surface area contributed by atoms with Gasteiger partial charge in [0.2, 0.25) is 5.88 Å². The van der Waals surface area contributed by atoms with E-state index < -0.39 is 10.8 Å². The molecule has 0 aliphatic heterocycles. The molecular weight excluding hydrogens is 440 g/mol. The molecule has 4 aromatic rings. The van der Waals surface area contributed by atoms with Gasteiger partial charge in [0.25, 0.3) is 11.6 Å². The Balaban J connectivity index is 1.42. The highest BCUT2D eigenvalue weighted by atomic mass is 16.6. The van der Waals surface area contributed by atoms with Crippen molar-refractivity contribution >= 4 is 28.2 Å². The van der Waals surface area contributed by atoms with E-state index in [0.717, 1.165) is 11.3 Å². The number of H-pyrrole nitrogens is 1. The van der Waals surface area contributed by atoms with E-state index in [1.807, 2.05) is 31.2 Å². The zero-order valence-corrected chi connectivity index (χ0v) is 18.1. The summed E-state index contributed by atoms with van der Waals surface area (Å²) in [6.07, 6.45) is 0. The van der Waals surface area contributed by atoms with Gasteiger partial charge >= 0.3 is 0 Å². The Labute approximate surface area is 193 Å². The standard InChI is InChI=1S/C24H20N4O6/c1-2-33-18-8-10-19(11-9-18)34-14-15-3-5-16(6-4-15)23(29)27-26-22-20-13-17(28(31)32)7-12-21(20)25-24(22)30/h3-13,25,30H,2,14H2,1H3. The van der Waals surface area contributed by atoms with Crippen LogP contribution in [0, 0.1) is 10.1 Å². The Morgan fingerprint density at radius 3 is 2.35 bits per heavy atom. The van der Waals surface area contributed by atoms with Crippen LogP contribution in [0.5, 0.6) is 17.4 Å². The van der Waals surface area contributed by atoms with Crippen molar-refractivity contribution < 1.29 is 24.3 Å². The minimum absolute atomic E-state index is 0.0487. The maximum Gasteiger partial charge on any atom is 0.295 e. The summed E-state index contributed by atoms with van der Waals surface area (Å²) in [5, 5.41) is 28.9. The number of ether oxygens (including phenoxy) is 2. The predicted octanol–water partition coefficient (Wildman–Crippen LogP) is 5.68. The Morgan fingerprint density at radius 1 is 1.03 bits per heavy atom. The molecule has 2 N–H and O–H groups in total. The van der Waals surface area contributed by atoms with Crippen LogP contribution in [0.2, 0.25) is 0 Å². The smallest absolute Gasteiger partial charge is 0.295 e. The van der Waals surface area contributed by atoms with Crippen molar-refractivity contribution in [2.45, 2.75) is 13.5 Å². The fourth-order valence-corrected chi connectivity index (χ4v) is 3.23. The van der Waals surface area contributed by atoms with Crippen LogP contribution in [0.15, 0.2) is 77.0 Å². The summed E-state index contributed by atoms with van der Waals surface area (Å²) in [7, 11) is 0. The third kappa shape index (κ3) is 5.01. The predicted molar refractivity (Wildman–Crippen MR) is 124 cm³/mol. The second-order valence-corrected chi connectivity index (χ2v) is 7.20. The Kier molecular flexibility index (Phi) is 6.49. The number of carbonyl (C=O) groups is 1. The molecule has 0 aliphatic carbocycles. The number of aromatic amines is 1. The Hall–Kier alpha value is -4.73. The van der Waals surface area contributed by atoms with E-state index in [1.54, 1.807) is 24.3 Å². The molecule has 0 aliphatic rings. The maximum absolute atomic E-state index is 12.4. The van der Waals surface area contributed by atoms with Crippen molar-refractivity contribution in [3.05, 3.63) is 88.0 Å². The van der Waals surface area contributed by atoms with Crippen LogP contribution in [0.1, 0.15) is 22.8 Å². The van der Waals surface area contributed by atoms with Gasteiger partial charge in [-0.15, -0.1) is 10.2 Å². The first-order chi connectivity index (χ1) is 16.4. The molecule has 10 heteroatoms. The van der Waals surface area contributed by atoms with Crippen molar-refractivity contribution in [3.8, 4) is 17.4 Å². The number of benzene rings is 3. The Bertz CT molecular complexity index is 1360. The van der Waals surface area contributed by atoms with Gasteiger partial charge in [-0.3, -0.25) is 14.9 Å². The lowest BCUT2D eigenvalue weighted by Crippen LogP contribution is -1.98. The number of nitro groups is 1. The van der Waals surface area contributed by atoms with Gasteiger partial charge in [-0.1, -0.05) is 12.1 Å². The third-order valence-electron chi connectivity index (χ3n) is 4.93. The molecular formula is C24H20N4O6. The van der Waals surface area contributed by atoms with E-state index in [9.17, 15) is 20.0 Å². The molecule has 0 unspecified atom stereocenters. The molecule has 0 bridgehead atoms. The molecule has 3 aromatic carbocycles. The van der Waals surface area contributed by atoms with Gasteiger partial charge < -0.3 is 19.6 Å². The number of carbonyl (C=O) groups excluding carboxylic acids is 1. The summed E-state index contributed by atoms with van der Waals surface area (Å²) in [4.78, 5) is 25.5. The third-order valence-corrected chi connectivity index (χ3v) is 4.93. The molecule has 1 amide bonds. The molecule has 4 rings (SSSR count). The fourth-order valence-electron chi connectivity index (χ4n) is 3.23. The number of fused-ring (bicyclic) bond motifs is 1. The van der Waals surface area contributed by atoms with Crippen LogP contribution in [0.25, 0.3) is 10.9 Å². The second kappa shape index (κ2) is 9.82. The molecule has 172 valence electrons. The first-order valence-corrected chi connectivity index (χ1v) is 10.3. The monoisotopic (exact) mass is 460 g/mol. The lowest BCUT2D eigenvalue weighted by atomic mass is 10.1. The van der Waals surface area contributed by atoms with Crippen LogP contribution in [-0.2, 0) is 6.61 Å². The summed E-state index contributed by atoms with van der Waals surface area (Å²) in [6.45, 7) is 2.82. The van der Waals surface area contributed by atoms with Crippen molar-refractivity contribution in [1.82, 2.24) is 4.98 Å². The number of hydrogen-bond acceptors (Lipinski definition) is 7. The van der Waals surface area contributed by atoms with E-state index in [2.05, 4.69) is 15.2 Å². The molecule has 0 radical (unpaired) electrons. The van der Waals surface area contributed by atoms with Crippen molar-refractivity contribution in [2.24, 2.45) is 10.2 Å². The number of nitrogens with one attached hydrogen (secondary N) is 1. The van der Waals surface area contributed by atoms with E-state index in [1.165, 1.54) is 18.2 Å². The molecule has 0 spiro atoms. The van der Waals surface area contributed by atoms with E-state index in [0.29, 0.717) is 30.0 Å². The van der Waals surface area contributed by atoms with Gasteiger partial charge in [0.05, 0.1) is 17.0 Å². The highest BCUT2D eigenvalue weighted by Crippen LogP contribution is 2.37. The quantitative estimate of drug-likeness (QED) is 0.197. The number of aromatic hydroxyl groups is 1. The minimum atomic E-state index is -0.627.